The first-order chi connectivity index (χ1) is 30.8. The van der Waals surface area contributed by atoms with Crippen molar-refractivity contribution in [1.29, 1.82) is 0 Å². The Morgan fingerprint density at radius 3 is 1.29 bits per heavy atom. The van der Waals surface area contributed by atoms with E-state index in [0.29, 0.717) is 12.8 Å². The molecule has 1 amide bonds. The number of allylic oxidation sites excluding steroid dienone is 2. The molecule has 1 rings (SSSR count). The van der Waals surface area contributed by atoms with Crippen LogP contribution in [0.25, 0.3) is 0 Å². The molecule has 1 heterocycles. The molecule has 2 unspecified atom stereocenters. The maximum atomic E-state index is 13.0. The summed E-state index contributed by atoms with van der Waals surface area (Å²) in [6, 6.07) is -0.731. The molecular formula is C54H105NO8. The number of aliphatic hydroxyl groups excluding tert-OH is 5. The molecule has 1 aliphatic heterocycles. The van der Waals surface area contributed by atoms with Crippen LogP contribution >= 0.6 is 0 Å². The molecule has 0 aliphatic carbocycles. The molecule has 9 heteroatoms. The second-order valence-electron chi connectivity index (χ2n) is 19.4. The van der Waals surface area contributed by atoms with Gasteiger partial charge in [0.15, 0.2) is 6.29 Å². The normalized spacial score (nSPS) is 20.1. The molecule has 374 valence electrons. The SMILES string of the molecule is CCCCCCCCCCCCC/C=C/CCCC[C@@H](O)[C@H](CO[C@H]1O[C@@H](CO)[C@H](O)C(O)C1O)NC(=O)CCCCCCCCCCCCCCCCCCCCCCCCC. The van der Waals surface area contributed by atoms with Crippen LogP contribution in [0.3, 0.4) is 0 Å². The zero-order valence-corrected chi connectivity index (χ0v) is 41.4. The fourth-order valence-corrected chi connectivity index (χ4v) is 8.98. The van der Waals surface area contributed by atoms with Gasteiger partial charge in [0.1, 0.15) is 24.4 Å². The zero-order chi connectivity index (χ0) is 45.9. The van der Waals surface area contributed by atoms with E-state index in [9.17, 15) is 30.3 Å². The van der Waals surface area contributed by atoms with Crippen LogP contribution in [0, 0.1) is 0 Å². The van der Waals surface area contributed by atoms with Crippen LogP contribution in [0.4, 0.5) is 0 Å². The lowest BCUT2D eigenvalue weighted by molar-refractivity contribution is -0.302. The van der Waals surface area contributed by atoms with Crippen LogP contribution in [0.15, 0.2) is 12.2 Å². The van der Waals surface area contributed by atoms with Gasteiger partial charge in [-0.2, -0.15) is 0 Å². The highest BCUT2D eigenvalue weighted by Gasteiger charge is 2.44. The zero-order valence-electron chi connectivity index (χ0n) is 41.4. The lowest BCUT2D eigenvalue weighted by Gasteiger charge is -2.40. The minimum Gasteiger partial charge on any atom is -0.394 e. The van der Waals surface area contributed by atoms with Gasteiger partial charge in [-0.25, -0.2) is 0 Å². The Bertz CT molecular complexity index is 997. The van der Waals surface area contributed by atoms with Gasteiger partial charge in [-0.1, -0.05) is 238 Å². The topological polar surface area (TPSA) is 149 Å². The summed E-state index contributed by atoms with van der Waals surface area (Å²) in [6.45, 7) is 3.85. The molecule has 63 heavy (non-hydrogen) atoms. The number of carbonyl (C=O) groups is 1. The van der Waals surface area contributed by atoms with Crippen molar-refractivity contribution in [1.82, 2.24) is 5.32 Å². The molecule has 1 fully saturated rings. The summed E-state index contributed by atoms with van der Waals surface area (Å²) in [5, 5.41) is 54.5. The number of ether oxygens (including phenoxy) is 2. The van der Waals surface area contributed by atoms with Crippen LogP contribution in [0.1, 0.15) is 271 Å². The summed E-state index contributed by atoms with van der Waals surface area (Å²) in [7, 11) is 0. The number of hydrogen-bond acceptors (Lipinski definition) is 8. The van der Waals surface area contributed by atoms with Gasteiger partial charge in [0.2, 0.25) is 5.91 Å². The standard InChI is InChI=1S/C54H105NO8/c1-3-5-7-9-11-13-15-17-19-21-22-23-24-25-26-28-30-32-34-36-38-40-42-44-50(58)55-47(46-62-54-53(61)52(60)51(59)49(45-56)63-54)48(57)43-41-39-37-35-33-31-29-27-20-18-16-14-12-10-8-6-4-2/h33,35,47-49,51-54,56-57,59-61H,3-32,34,36-46H2,1-2H3,(H,55,58)/b35-33+/t47-,48+,49-,51-,52?,53?,54-/m0/s1. The third kappa shape index (κ3) is 34.8. The highest BCUT2D eigenvalue weighted by atomic mass is 16.7. The Hall–Kier alpha value is -1.07. The summed E-state index contributed by atoms with van der Waals surface area (Å²) in [5.41, 5.74) is 0. The highest BCUT2D eigenvalue weighted by molar-refractivity contribution is 5.76. The Morgan fingerprint density at radius 2 is 0.889 bits per heavy atom. The van der Waals surface area contributed by atoms with Crippen molar-refractivity contribution in [2.75, 3.05) is 13.2 Å². The largest absolute Gasteiger partial charge is 0.394 e. The van der Waals surface area contributed by atoms with Crippen molar-refractivity contribution in [3.05, 3.63) is 12.2 Å². The first-order valence-electron chi connectivity index (χ1n) is 27.4. The van der Waals surface area contributed by atoms with Gasteiger partial charge in [-0.05, 0) is 38.5 Å². The lowest BCUT2D eigenvalue weighted by Crippen LogP contribution is -2.60. The van der Waals surface area contributed by atoms with Crippen LogP contribution in [-0.2, 0) is 14.3 Å². The van der Waals surface area contributed by atoms with Gasteiger partial charge in [-0.15, -0.1) is 0 Å². The fourth-order valence-electron chi connectivity index (χ4n) is 8.98. The third-order valence-electron chi connectivity index (χ3n) is 13.4. The summed E-state index contributed by atoms with van der Waals surface area (Å²) in [4.78, 5) is 13.0. The second kappa shape index (κ2) is 44.7. The molecule has 0 bridgehead atoms. The molecule has 0 aromatic carbocycles. The molecule has 6 N–H and O–H groups in total. The van der Waals surface area contributed by atoms with Crippen LogP contribution < -0.4 is 5.32 Å². The van der Waals surface area contributed by atoms with E-state index in [1.807, 2.05) is 0 Å². The van der Waals surface area contributed by atoms with Crippen molar-refractivity contribution >= 4 is 5.91 Å². The molecule has 9 nitrogen and oxygen atoms in total. The average molecular weight is 896 g/mol. The summed E-state index contributed by atoms with van der Waals surface area (Å²) in [5.74, 6) is -0.148. The monoisotopic (exact) mass is 896 g/mol. The van der Waals surface area contributed by atoms with E-state index in [1.54, 1.807) is 0 Å². The predicted octanol–water partition coefficient (Wildman–Crippen LogP) is 12.8. The molecule has 0 aromatic heterocycles. The molecule has 1 saturated heterocycles. The van der Waals surface area contributed by atoms with Crippen molar-refractivity contribution < 1.29 is 39.8 Å². The Morgan fingerprint density at radius 1 is 0.524 bits per heavy atom. The minimum atomic E-state index is -1.55. The van der Waals surface area contributed by atoms with E-state index in [0.717, 1.165) is 44.9 Å². The number of nitrogens with one attached hydrogen (secondary N) is 1. The van der Waals surface area contributed by atoms with Gasteiger partial charge in [0, 0.05) is 6.42 Å². The third-order valence-corrected chi connectivity index (χ3v) is 13.4. The Kier molecular flexibility index (Phi) is 42.6. The van der Waals surface area contributed by atoms with Gasteiger partial charge < -0.3 is 40.3 Å². The maximum Gasteiger partial charge on any atom is 0.220 e. The predicted molar refractivity (Wildman–Crippen MR) is 263 cm³/mol. The van der Waals surface area contributed by atoms with E-state index in [-0.39, 0.29) is 12.5 Å². The maximum absolute atomic E-state index is 13.0. The highest BCUT2D eigenvalue weighted by Crippen LogP contribution is 2.23. The number of unbranched alkanes of at least 4 members (excludes halogenated alkanes) is 35. The van der Waals surface area contributed by atoms with Crippen molar-refractivity contribution in [2.24, 2.45) is 0 Å². The van der Waals surface area contributed by atoms with Gasteiger partial charge in [-0.3, -0.25) is 4.79 Å². The smallest absolute Gasteiger partial charge is 0.220 e. The molecule has 7 atom stereocenters. The second-order valence-corrected chi connectivity index (χ2v) is 19.4. The van der Waals surface area contributed by atoms with E-state index < -0.39 is 49.5 Å². The number of hydrogen-bond donors (Lipinski definition) is 6. The molecule has 0 spiro atoms. The summed E-state index contributed by atoms with van der Waals surface area (Å²) < 4.78 is 11.3. The van der Waals surface area contributed by atoms with Crippen LogP contribution in [0.2, 0.25) is 0 Å². The van der Waals surface area contributed by atoms with E-state index in [4.69, 9.17) is 9.47 Å². The van der Waals surface area contributed by atoms with E-state index >= 15 is 0 Å². The van der Waals surface area contributed by atoms with Crippen LogP contribution in [-0.4, -0.2) is 87.5 Å². The van der Waals surface area contributed by atoms with E-state index in [2.05, 4.69) is 31.3 Å². The molecule has 1 aliphatic rings. The fraction of sp³-hybridized carbons (Fsp3) is 0.944. The minimum absolute atomic E-state index is 0.145. The average Bonchev–Trinajstić information content (AvgIpc) is 3.28. The van der Waals surface area contributed by atoms with Gasteiger partial charge in [0.05, 0.1) is 25.4 Å². The summed E-state index contributed by atoms with van der Waals surface area (Å²) in [6.07, 6.45) is 46.6. The van der Waals surface area contributed by atoms with Gasteiger partial charge >= 0.3 is 0 Å². The Balaban J connectivity index is 2.23. The first-order valence-corrected chi connectivity index (χ1v) is 27.4. The van der Waals surface area contributed by atoms with Crippen molar-refractivity contribution in [3.8, 4) is 0 Å². The first kappa shape index (κ1) is 59.9. The van der Waals surface area contributed by atoms with Crippen molar-refractivity contribution in [3.63, 3.8) is 0 Å². The number of amides is 1. The number of rotatable bonds is 47. The molecule has 0 radical (unpaired) electrons. The quantitative estimate of drug-likeness (QED) is 0.0261. The van der Waals surface area contributed by atoms with E-state index in [1.165, 1.54) is 199 Å². The van der Waals surface area contributed by atoms with Crippen LogP contribution in [0.5, 0.6) is 0 Å². The number of aliphatic hydroxyl groups is 5. The molecule has 0 aromatic rings. The van der Waals surface area contributed by atoms with Crippen molar-refractivity contribution in [2.45, 2.75) is 314 Å². The van der Waals surface area contributed by atoms with Gasteiger partial charge in [0.25, 0.3) is 0 Å². The molecule has 0 saturated carbocycles. The molecular weight excluding hydrogens is 791 g/mol. The summed E-state index contributed by atoms with van der Waals surface area (Å²) >= 11 is 0. The Labute approximate surface area is 388 Å². The number of carbonyl (C=O) groups excluding carboxylic acids is 1. The lowest BCUT2D eigenvalue weighted by atomic mass is 9.99.